The van der Waals surface area contributed by atoms with Crippen molar-refractivity contribution in [3.63, 3.8) is 0 Å². The lowest BCUT2D eigenvalue weighted by Gasteiger charge is -2.34. The molecule has 0 saturated carbocycles. The number of benzene rings is 1. The third-order valence-corrected chi connectivity index (χ3v) is 5.25. The number of likely N-dealkylation sites (N-methyl/N-ethyl adjacent to an activating group) is 1. The van der Waals surface area contributed by atoms with Crippen LogP contribution in [0.1, 0.15) is 35.0 Å². The van der Waals surface area contributed by atoms with Crippen molar-refractivity contribution in [2.75, 3.05) is 32.7 Å². The van der Waals surface area contributed by atoms with Crippen LogP contribution in [0.25, 0.3) is 0 Å². The van der Waals surface area contributed by atoms with Crippen LogP contribution < -0.4 is 5.32 Å². The molecule has 1 fully saturated rings. The van der Waals surface area contributed by atoms with E-state index in [9.17, 15) is 0 Å². The van der Waals surface area contributed by atoms with Crippen LogP contribution in [0.3, 0.4) is 0 Å². The summed E-state index contributed by atoms with van der Waals surface area (Å²) in [5.41, 5.74) is 6.27. The van der Waals surface area contributed by atoms with Crippen molar-refractivity contribution in [2.24, 2.45) is 0 Å². The van der Waals surface area contributed by atoms with Crippen molar-refractivity contribution in [3.05, 3.63) is 52.3 Å². The molecular formula is C20H32ClN5. The van der Waals surface area contributed by atoms with Gasteiger partial charge in [-0.1, -0.05) is 31.2 Å². The molecule has 0 atom stereocenters. The third kappa shape index (κ3) is 5.55. The minimum atomic E-state index is 0. The minimum absolute atomic E-state index is 0. The highest BCUT2D eigenvalue weighted by Gasteiger charge is 2.15. The van der Waals surface area contributed by atoms with Crippen LogP contribution in [0.2, 0.25) is 0 Å². The fourth-order valence-corrected chi connectivity index (χ4v) is 3.45. The number of hydrogen-bond donors (Lipinski definition) is 2. The van der Waals surface area contributed by atoms with Gasteiger partial charge in [0.1, 0.15) is 0 Å². The van der Waals surface area contributed by atoms with Gasteiger partial charge >= 0.3 is 0 Å². The molecule has 5 nitrogen and oxygen atoms in total. The van der Waals surface area contributed by atoms with Crippen LogP contribution in [0.15, 0.2) is 24.3 Å². The van der Waals surface area contributed by atoms with Gasteiger partial charge in [0.2, 0.25) is 0 Å². The number of hydrogen-bond acceptors (Lipinski definition) is 4. The van der Waals surface area contributed by atoms with E-state index in [-0.39, 0.29) is 12.4 Å². The number of rotatable bonds is 7. The number of H-pyrrole nitrogens is 1. The van der Waals surface area contributed by atoms with Gasteiger partial charge in [-0.3, -0.25) is 10.00 Å². The molecule has 1 aliphatic heterocycles. The van der Waals surface area contributed by atoms with Gasteiger partial charge in [-0.25, -0.2) is 0 Å². The standard InChI is InChI=1S/C20H31N5.ClH/c1-4-24-9-11-25(12-10-24)15-19-7-5-18(6-8-19)13-21-14-20-16(2)22-23-17(20)3;/h5-8,21H,4,9-15H2,1-3H3,(H,22,23);1H. The number of aromatic nitrogens is 2. The third-order valence-electron chi connectivity index (χ3n) is 5.25. The number of nitrogens with one attached hydrogen (secondary N) is 2. The molecule has 3 rings (SSSR count). The van der Waals surface area contributed by atoms with E-state index in [2.05, 4.69) is 70.4 Å². The topological polar surface area (TPSA) is 47.2 Å². The molecule has 0 amide bonds. The predicted octanol–water partition coefficient (Wildman–Crippen LogP) is 2.88. The molecule has 1 aromatic heterocycles. The van der Waals surface area contributed by atoms with Gasteiger partial charge in [0.25, 0.3) is 0 Å². The number of aryl methyl sites for hydroxylation is 2. The monoisotopic (exact) mass is 377 g/mol. The number of piperazine rings is 1. The molecule has 0 radical (unpaired) electrons. The van der Waals surface area contributed by atoms with Gasteiger partial charge in [0.05, 0.1) is 5.69 Å². The van der Waals surface area contributed by atoms with Crippen molar-refractivity contribution in [1.82, 2.24) is 25.3 Å². The molecule has 0 spiro atoms. The molecule has 144 valence electrons. The average molecular weight is 378 g/mol. The van der Waals surface area contributed by atoms with Crippen LogP contribution in [-0.2, 0) is 19.6 Å². The second kappa shape index (κ2) is 10.1. The normalized spacial score (nSPS) is 15.8. The highest BCUT2D eigenvalue weighted by Crippen LogP contribution is 2.12. The molecule has 0 bridgehead atoms. The van der Waals surface area contributed by atoms with Crippen molar-refractivity contribution in [1.29, 1.82) is 0 Å². The maximum atomic E-state index is 4.25. The second-order valence-electron chi connectivity index (χ2n) is 7.04. The maximum Gasteiger partial charge on any atom is 0.0638 e. The molecule has 1 saturated heterocycles. The fourth-order valence-electron chi connectivity index (χ4n) is 3.45. The van der Waals surface area contributed by atoms with Gasteiger partial charge in [0.15, 0.2) is 0 Å². The Labute approximate surface area is 163 Å². The first-order valence-electron chi connectivity index (χ1n) is 9.39. The summed E-state index contributed by atoms with van der Waals surface area (Å²) in [6, 6.07) is 9.05. The van der Waals surface area contributed by atoms with E-state index in [0.29, 0.717) is 0 Å². The summed E-state index contributed by atoms with van der Waals surface area (Å²) in [7, 11) is 0. The quantitative estimate of drug-likeness (QED) is 0.778. The summed E-state index contributed by atoms with van der Waals surface area (Å²) in [4.78, 5) is 5.08. The molecule has 2 aromatic rings. The van der Waals surface area contributed by atoms with Crippen LogP contribution in [0.5, 0.6) is 0 Å². The SMILES string of the molecule is CCN1CCN(Cc2ccc(CNCc3c(C)n[nH]c3C)cc2)CC1.Cl. The summed E-state index contributed by atoms with van der Waals surface area (Å²) < 4.78 is 0. The average Bonchev–Trinajstić information content (AvgIpc) is 2.96. The summed E-state index contributed by atoms with van der Waals surface area (Å²) in [5, 5.41) is 10.8. The lowest BCUT2D eigenvalue weighted by atomic mass is 10.1. The molecule has 26 heavy (non-hydrogen) atoms. The predicted molar refractivity (Wildman–Crippen MR) is 110 cm³/mol. The lowest BCUT2D eigenvalue weighted by Crippen LogP contribution is -2.45. The number of halogens is 1. The van der Waals surface area contributed by atoms with E-state index in [1.807, 2.05) is 0 Å². The molecule has 1 aromatic carbocycles. The Morgan fingerprint density at radius 3 is 2.15 bits per heavy atom. The first-order chi connectivity index (χ1) is 12.2. The maximum absolute atomic E-state index is 4.25. The fraction of sp³-hybridized carbons (Fsp3) is 0.550. The smallest absolute Gasteiger partial charge is 0.0638 e. The van der Waals surface area contributed by atoms with Gasteiger partial charge < -0.3 is 10.2 Å². The van der Waals surface area contributed by atoms with Crippen molar-refractivity contribution >= 4 is 12.4 Å². The van der Waals surface area contributed by atoms with E-state index in [4.69, 9.17) is 0 Å². The highest BCUT2D eigenvalue weighted by atomic mass is 35.5. The van der Waals surface area contributed by atoms with Gasteiger partial charge in [0, 0.05) is 57.1 Å². The molecule has 2 heterocycles. The summed E-state index contributed by atoms with van der Waals surface area (Å²) in [6.07, 6.45) is 0. The zero-order valence-corrected chi connectivity index (χ0v) is 17.0. The minimum Gasteiger partial charge on any atom is -0.308 e. The number of aromatic amines is 1. The first-order valence-corrected chi connectivity index (χ1v) is 9.39. The molecule has 2 N–H and O–H groups in total. The Kier molecular flexibility index (Phi) is 8.10. The highest BCUT2D eigenvalue weighted by molar-refractivity contribution is 5.85. The first kappa shape index (κ1) is 20.9. The van der Waals surface area contributed by atoms with Crippen LogP contribution in [0, 0.1) is 13.8 Å². The largest absolute Gasteiger partial charge is 0.308 e. The zero-order valence-electron chi connectivity index (χ0n) is 16.2. The van der Waals surface area contributed by atoms with Crippen molar-refractivity contribution < 1.29 is 0 Å². The second-order valence-corrected chi connectivity index (χ2v) is 7.04. The summed E-state index contributed by atoms with van der Waals surface area (Å²) in [6.45, 7) is 15.1. The van der Waals surface area contributed by atoms with E-state index >= 15 is 0 Å². The summed E-state index contributed by atoms with van der Waals surface area (Å²) >= 11 is 0. The van der Waals surface area contributed by atoms with Gasteiger partial charge in [-0.15, -0.1) is 12.4 Å². The van der Waals surface area contributed by atoms with Crippen molar-refractivity contribution in [2.45, 2.75) is 40.4 Å². The molecule has 0 unspecified atom stereocenters. The Morgan fingerprint density at radius 2 is 1.58 bits per heavy atom. The van der Waals surface area contributed by atoms with Gasteiger partial charge in [-0.2, -0.15) is 5.10 Å². The van der Waals surface area contributed by atoms with E-state index in [1.54, 1.807) is 0 Å². The van der Waals surface area contributed by atoms with Crippen LogP contribution in [0.4, 0.5) is 0 Å². The molecule has 6 heteroatoms. The Bertz CT molecular complexity index is 640. The summed E-state index contributed by atoms with van der Waals surface area (Å²) in [5.74, 6) is 0. The zero-order chi connectivity index (χ0) is 17.6. The lowest BCUT2D eigenvalue weighted by molar-refractivity contribution is 0.132. The Balaban J connectivity index is 0.00000243. The van der Waals surface area contributed by atoms with E-state index in [1.165, 1.54) is 49.4 Å². The number of nitrogens with zero attached hydrogens (tertiary/aromatic N) is 3. The Morgan fingerprint density at radius 1 is 0.962 bits per heavy atom. The Hall–Kier alpha value is -1.40. The molecule has 1 aliphatic rings. The molecular weight excluding hydrogens is 346 g/mol. The van der Waals surface area contributed by atoms with E-state index in [0.717, 1.165) is 31.0 Å². The van der Waals surface area contributed by atoms with E-state index < -0.39 is 0 Å². The van der Waals surface area contributed by atoms with Crippen molar-refractivity contribution in [3.8, 4) is 0 Å². The van der Waals surface area contributed by atoms with Crippen LogP contribution >= 0.6 is 12.4 Å². The van der Waals surface area contributed by atoms with Crippen LogP contribution in [-0.4, -0.2) is 52.7 Å². The van der Waals surface area contributed by atoms with Gasteiger partial charge in [-0.05, 0) is 31.5 Å². The molecule has 0 aliphatic carbocycles.